The lowest BCUT2D eigenvalue weighted by molar-refractivity contribution is -0.125. The summed E-state index contributed by atoms with van der Waals surface area (Å²) in [4.78, 5) is 13.1. The Hall–Kier alpha value is -0.790. The first-order valence-corrected chi connectivity index (χ1v) is 5.80. The Balaban J connectivity index is 2.05. The number of hydrogen-bond donors (Lipinski definition) is 0. The van der Waals surface area contributed by atoms with Gasteiger partial charge < -0.3 is 4.90 Å². The molecule has 1 aliphatic rings. The maximum absolute atomic E-state index is 11.2. The van der Waals surface area contributed by atoms with Crippen LogP contribution in [0.25, 0.3) is 0 Å². The van der Waals surface area contributed by atoms with E-state index in [2.05, 4.69) is 13.0 Å². The summed E-state index contributed by atoms with van der Waals surface area (Å²) >= 11 is 0. The van der Waals surface area contributed by atoms with Crippen molar-refractivity contribution in [1.29, 1.82) is 0 Å². The number of nitrogens with zero attached hydrogens (tertiary/aromatic N) is 1. The number of carbonyl (C=O) groups excluding carboxylic acids is 1. The summed E-state index contributed by atoms with van der Waals surface area (Å²) in [5, 5.41) is 0. The molecule has 2 nitrogen and oxygen atoms in total. The van der Waals surface area contributed by atoms with Gasteiger partial charge in [0, 0.05) is 19.2 Å². The van der Waals surface area contributed by atoms with E-state index in [1.807, 2.05) is 11.1 Å². The number of carbonyl (C=O) groups is 1. The van der Waals surface area contributed by atoms with E-state index in [0.29, 0.717) is 0 Å². The van der Waals surface area contributed by atoms with Gasteiger partial charge in [-0.3, -0.25) is 4.79 Å². The molecule has 0 aromatic heterocycles. The van der Waals surface area contributed by atoms with Gasteiger partial charge in [-0.1, -0.05) is 32.3 Å². The predicted octanol–water partition coefficient (Wildman–Crippen LogP) is 3.09. The molecule has 1 amide bonds. The van der Waals surface area contributed by atoms with E-state index < -0.39 is 0 Å². The van der Waals surface area contributed by atoms with Crippen molar-refractivity contribution in [2.45, 2.75) is 51.9 Å². The predicted molar refractivity (Wildman–Crippen MR) is 58.8 cm³/mol. The average Bonchev–Trinajstić information content (AvgIpc) is 2.58. The molecule has 80 valence electrons. The molecule has 0 atom stereocenters. The van der Waals surface area contributed by atoms with E-state index in [0.717, 1.165) is 25.8 Å². The first kappa shape index (κ1) is 11.3. The number of likely N-dealkylation sites (tertiary alicyclic amines) is 1. The van der Waals surface area contributed by atoms with Crippen molar-refractivity contribution in [1.82, 2.24) is 4.90 Å². The highest BCUT2D eigenvalue weighted by Gasteiger charge is 2.16. The molecule has 0 aliphatic carbocycles. The van der Waals surface area contributed by atoms with Gasteiger partial charge in [-0.15, -0.1) is 0 Å². The molecule has 0 radical (unpaired) electrons. The number of unbranched alkanes of at least 4 members (excludes halogenated alkanes) is 4. The molecule has 14 heavy (non-hydrogen) atoms. The van der Waals surface area contributed by atoms with Gasteiger partial charge in [0.15, 0.2) is 0 Å². The number of hydrogen-bond acceptors (Lipinski definition) is 1. The Morgan fingerprint density at radius 3 is 2.86 bits per heavy atom. The van der Waals surface area contributed by atoms with Crippen LogP contribution in [-0.2, 0) is 4.79 Å². The fraction of sp³-hybridized carbons (Fsp3) is 0.750. The van der Waals surface area contributed by atoms with Gasteiger partial charge in [-0.2, -0.15) is 0 Å². The van der Waals surface area contributed by atoms with Crippen LogP contribution in [0.4, 0.5) is 0 Å². The summed E-state index contributed by atoms with van der Waals surface area (Å²) in [6, 6.07) is 0. The molecular weight excluding hydrogens is 174 g/mol. The van der Waals surface area contributed by atoms with Crippen LogP contribution in [0.1, 0.15) is 51.9 Å². The summed E-state index contributed by atoms with van der Waals surface area (Å²) in [6.45, 7) is 3.14. The minimum atomic E-state index is 0.287. The molecule has 0 aromatic carbocycles. The number of allylic oxidation sites excluding steroid dienone is 1. The van der Waals surface area contributed by atoms with Crippen LogP contribution in [0.3, 0.4) is 0 Å². The third-order valence-electron chi connectivity index (χ3n) is 2.62. The van der Waals surface area contributed by atoms with Crippen molar-refractivity contribution in [3.8, 4) is 0 Å². The molecular formula is C12H21NO. The van der Waals surface area contributed by atoms with Crippen LogP contribution < -0.4 is 0 Å². The fourth-order valence-corrected chi connectivity index (χ4v) is 1.72. The highest BCUT2D eigenvalue weighted by molar-refractivity contribution is 5.79. The SMILES string of the molecule is CCCCCC/C=C/N1CCCC1=O. The quantitative estimate of drug-likeness (QED) is 0.596. The van der Waals surface area contributed by atoms with Gasteiger partial charge in [0.1, 0.15) is 0 Å². The van der Waals surface area contributed by atoms with Gasteiger partial charge >= 0.3 is 0 Å². The summed E-state index contributed by atoms with van der Waals surface area (Å²) in [5.41, 5.74) is 0. The maximum Gasteiger partial charge on any atom is 0.226 e. The first-order chi connectivity index (χ1) is 6.84. The Morgan fingerprint density at radius 1 is 1.36 bits per heavy atom. The van der Waals surface area contributed by atoms with E-state index in [4.69, 9.17) is 0 Å². The zero-order valence-corrected chi connectivity index (χ0v) is 9.17. The Morgan fingerprint density at radius 2 is 2.21 bits per heavy atom. The lowest BCUT2D eigenvalue weighted by Gasteiger charge is -2.07. The largest absolute Gasteiger partial charge is 0.319 e. The third kappa shape index (κ3) is 3.95. The monoisotopic (exact) mass is 195 g/mol. The van der Waals surface area contributed by atoms with Crippen molar-refractivity contribution >= 4 is 5.91 Å². The summed E-state index contributed by atoms with van der Waals surface area (Å²) in [7, 11) is 0. The van der Waals surface area contributed by atoms with Gasteiger partial charge in [0.05, 0.1) is 0 Å². The molecule has 1 fully saturated rings. The molecule has 1 rings (SSSR count). The second-order valence-electron chi connectivity index (χ2n) is 3.92. The topological polar surface area (TPSA) is 20.3 Å². The van der Waals surface area contributed by atoms with E-state index in [9.17, 15) is 4.79 Å². The van der Waals surface area contributed by atoms with Gasteiger partial charge in [0.25, 0.3) is 0 Å². The molecule has 0 unspecified atom stereocenters. The Kier molecular flexibility index (Phi) is 5.35. The second-order valence-corrected chi connectivity index (χ2v) is 3.92. The molecule has 0 bridgehead atoms. The van der Waals surface area contributed by atoms with E-state index >= 15 is 0 Å². The van der Waals surface area contributed by atoms with Crippen molar-refractivity contribution in [3.05, 3.63) is 12.3 Å². The molecule has 0 saturated carbocycles. The molecule has 1 heterocycles. The normalized spacial score (nSPS) is 17.2. The molecule has 0 N–H and O–H groups in total. The third-order valence-corrected chi connectivity index (χ3v) is 2.62. The summed E-state index contributed by atoms with van der Waals surface area (Å²) < 4.78 is 0. The average molecular weight is 195 g/mol. The van der Waals surface area contributed by atoms with Gasteiger partial charge in [-0.05, 0) is 19.3 Å². The minimum absolute atomic E-state index is 0.287. The molecule has 0 aromatic rings. The highest BCUT2D eigenvalue weighted by Crippen LogP contribution is 2.10. The zero-order chi connectivity index (χ0) is 10.2. The van der Waals surface area contributed by atoms with Crippen LogP contribution in [0, 0.1) is 0 Å². The summed E-state index contributed by atoms with van der Waals surface area (Å²) in [5.74, 6) is 0.287. The number of rotatable bonds is 6. The number of amides is 1. The Bertz CT molecular complexity index is 198. The lowest BCUT2D eigenvalue weighted by Crippen LogP contribution is -2.17. The van der Waals surface area contributed by atoms with Crippen LogP contribution in [0.2, 0.25) is 0 Å². The van der Waals surface area contributed by atoms with Crippen LogP contribution in [-0.4, -0.2) is 17.4 Å². The fourth-order valence-electron chi connectivity index (χ4n) is 1.72. The van der Waals surface area contributed by atoms with E-state index in [1.54, 1.807) is 0 Å². The van der Waals surface area contributed by atoms with Gasteiger partial charge in [0.2, 0.25) is 5.91 Å². The first-order valence-electron chi connectivity index (χ1n) is 5.80. The molecule has 2 heteroatoms. The van der Waals surface area contributed by atoms with Crippen molar-refractivity contribution in [3.63, 3.8) is 0 Å². The maximum atomic E-state index is 11.2. The standard InChI is InChI=1S/C12H21NO/c1-2-3-4-5-6-7-10-13-11-8-9-12(13)14/h7,10H,2-6,8-9,11H2,1H3/b10-7+. The van der Waals surface area contributed by atoms with E-state index in [1.165, 1.54) is 25.7 Å². The smallest absolute Gasteiger partial charge is 0.226 e. The minimum Gasteiger partial charge on any atom is -0.319 e. The van der Waals surface area contributed by atoms with E-state index in [-0.39, 0.29) is 5.91 Å². The van der Waals surface area contributed by atoms with Crippen LogP contribution >= 0.6 is 0 Å². The van der Waals surface area contributed by atoms with Crippen molar-refractivity contribution < 1.29 is 4.79 Å². The van der Waals surface area contributed by atoms with Gasteiger partial charge in [-0.25, -0.2) is 0 Å². The Labute approximate surface area is 87.0 Å². The van der Waals surface area contributed by atoms with Crippen molar-refractivity contribution in [2.75, 3.05) is 6.54 Å². The van der Waals surface area contributed by atoms with Crippen LogP contribution in [0.15, 0.2) is 12.3 Å². The van der Waals surface area contributed by atoms with Crippen LogP contribution in [0.5, 0.6) is 0 Å². The lowest BCUT2D eigenvalue weighted by atomic mass is 10.1. The molecule has 0 spiro atoms. The zero-order valence-electron chi connectivity index (χ0n) is 9.17. The second kappa shape index (κ2) is 6.63. The summed E-state index contributed by atoms with van der Waals surface area (Å²) in [6.07, 6.45) is 12.2. The van der Waals surface area contributed by atoms with Crippen molar-refractivity contribution in [2.24, 2.45) is 0 Å². The highest BCUT2D eigenvalue weighted by atomic mass is 16.2. The molecule has 1 aliphatic heterocycles. The molecule has 1 saturated heterocycles.